The minimum absolute atomic E-state index is 0.155. The van der Waals surface area contributed by atoms with Crippen LogP contribution >= 0.6 is 12.2 Å². The fourth-order valence-electron chi connectivity index (χ4n) is 3.17. The lowest BCUT2D eigenvalue weighted by Gasteiger charge is -2.12. The fraction of sp³-hybridized carbons (Fsp3) is 0.125. The van der Waals surface area contributed by atoms with Gasteiger partial charge in [0.25, 0.3) is 5.91 Å². The Morgan fingerprint density at radius 2 is 1.75 bits per heavy atom. The number of aromatic nitrogens is 1. The predicted octanol–water partition coefficient (Wildman–Crippen LogP) is 4.95. The molecule has 32 heavy (non-hydrogen) atoms. The van der Waals surface area contributed by atoms with Gasteiger partial charge in [0.1, 0.15) is 17.0 Å². The van der Waals surface area contributed by atoms with Crippen molar-refractivity contribution >= 4 is 40.0 Å². The van der Waals surface area contributed by atoms with Gasteiger partial charge in [0.15, 0.2) is 10.7 Å². The zero-order valence-electron chi connectivity index (χ0n) is 17.8. The zero-order chi connectivity index (χ0) is 22.7. The van der Waals surface area contributed by atoms with Gasteiger partial charge < -0.3 is 19.2 Å². The number of fused-ring (bicyclic) bond motifs is 1. The maximum absolute atomic E-state index is 12.6. The Labute approximate surface area is 190 Å². The minimum Gasteiger partial charge on any atom is -0.497 e. The molecular formula is C24H21N3O4S. The topological polar surface area (TPSA) is 85.6 Å². The standard InChI is InChI=1S/C24H21N3O4S/c1-14-7-8-21-20(9-14)26-23(31-21)15-5-4-6-17(10-15)25-24(32)27-22(28)16-11-18(29-2)13-19(12-16)30-3/h4-13H,1-3H3,(H2,25,27,28,32). The lowest BCUT2D eigenvalue weighted by atomic mass is 10.2. The Hall–Kier alpha value is -3.91. The van der Waals surface area contributed by atoms with Crippen molar-refractivity contribution < 1.29 is 18.7 Å². The number of nitrogens with zero attached hydrogens (tertiary/aromatic N) is 1. The van der Waals surface area contributed by atoms with Crippen LogP contribution in [0.15, 0.2) is 65.1 Å². The highest BCUT2D eigenvalue weighted by Crippen LogP contribution is 2.27. The number of nitrogens with one attached hydrogen (secondary N) is 2. The quantitative estimate of drug-likeness (QED) is 0.419. The number of hydrogen-bond acceptors (Lipinski definition) is 6. The van der Waals surface area contributed by atoms with E-state index in [0.29, 0.717) is 28.6 Å². The van der Waals surface area contributed by atoms with E-state index in [4.69, 9.17) is 26.1 Å². The fourth-order valence-corrected chi connectivity index (χ4v) is 3.38. The monoisotopic (exact) mass is 447 g/mol. The number of methoxy groups -OCH3 is 2. The van der Waals surface area contributed by atoms with Crippen molar-refractivity contribution in [2.75, 3.05) is 19.5 Å². The molecule has 0 aliphatic carbocycles. The molecule has 0 bridgehead atoms. The van der Waals surface area contributed by atoms with E-state index < -0.39 is 0 Å². The van der Waals surface area contributed by atoms with Crippen LogP contribution in [0.2, 0.25) is 0 Å². The number of ether oxygens (including phenoxy) is 2. The number of hydrogen-bond donors (Lipinski definition) is 2. The molecule has 0 unspecified atom stereocenters. The van der Waals surface area contributed by atoms with Gasteiger partial charge in [0, 0.05) is 22.9 Å². The molecule has 0 fully saturated rings. The second kappa shape index (κ2) is 9.07. The summed E-state index contributed by atoms with van der Waals surface area (Å²) in [5, 5.41) is 5.84. The van der Waals surface area contributed by atoms with Gasteiger partial charge in [-0.25, -0.2) is 4.98 Å². The summed E-state index contributed by atoms with van der Waals surface area (Å²) >= 11 is 5.32. The smallest absolute Gasteiger partial charge is 0.257 e. The SMILES string of the molecule is COc1cc(OC)cc(C(=O)NC(=S)Nc2cccc(-c3nc4cc(C)ccc4o3)c2)c1. The molecule has 4 aromatic rings. The highest BCUT2D eigenvalue weighted by Gasteiger charge is 2.13. The van der Waals surface area contributed by atoms with Crippen molar-refractivity contribution in [1.82, 2.24) is 10.3 Å². The highest BCUT2D eigenvalue weighted by molar-refractivity contribution is 7.80. The average molecular weight is 448 g/mol. The lowest BCUT2D eigenvalue weighted by molar-refractivity contribution is 0.0977. The van der Waals surface area contributed by atoms with Gasteiger partial charge >= 0.3 is 0 Å². The molecular weight excluding hydrogens is 426 g/mol. The van der Waals surface area contributed by atoms with Crippen LogP contribution in [0.4, 0.5) is 5.69 Å². The van der Waals surface area contributed by atoms with E-state index in [1.165, 1.54) is 14.2 Å². The van der Waals surface area contributed by atoms with Gasteiger partial charge in [-0.15, -0.1) is 0 Å². The minimum atomic E-state index is -0.384. The molecule has 0 atom stereocenters. The molecule has 0 aliphatic heterocycles. The first-order valence-electron chi connectivity index (χ1n) is 9.78. The maximum atomic E-state index is 12.6. The number of rotatable bonds is 5. The molecule has 4 rings (SSSR count). The van der Waals surface area contributed by atoms with Crippen LogP contribution < -0.4 is 20.1 Å². The van der Waals surface area contributed by atoms with Crippen molar-refractivity contribution in [1.29, 1.82) is 0 Å². The zero-order valence-corrected chi connectivity index (χ0v) is 18.6. The van der Waals surface area contributed by atoms with E-state index in [1.54, 1.807) is 18.2 Å². The Bertz CT molecular complexity index is 1290. The van der Waals surface area contributed by atoms with E-state index in [-0.39, 0.29) is 11.0 Å². The Morgan fingerprint density at radius 3 is 2.47 bits per heavy atom. The molecule has 2 N–H and O–H groups in total. The summed E-state index contributed by atoms with van der Waals surface area (Å²) in [4.78, 5) is 17.2. The molecule has 3 aromatic carbocycles. The molecule has 1 amide bonds. The number of oxazole rings is 1. The summed E-state index contributed by atoms with van der Waals surface area (Å²) < 4.78 is 16.3. The Morgan fingerprint density at radius 1 is 1.00 bits per heavy atom. The van der Waals surface area contributed by atoms with Gasteiger partial charge in [0.05, 0.1) is 14.2 Å². The molecule has 7 nitrogen and oxygen atoms in total. The van der Waals surface area contributed by atoms with Gasteiger partial charge in [-0.1, -0.05) is 12.1 Å². The summed E-state index contributed by atoms with van der Waals surface area (Å²) in [5.74, 6) is 1.14. The number of thiocarbonyl (C=S) groups is 1. The second-order valence-electron chi connectivity index (χ2n) is 7.08. The maximum Gasteiger partial charge on any atom is 0.257 e. The number of carbonyl (C=O) groups excluding carboxylic acids is 1. The molecule has 0 radical (unpaired) electrons. The third-order valence-corrected chi connectivity index (χ3v) is 4.96. The van der Waals surface area contributed by atoms with E-state index in [2.05, 4.69) is 15.6 Å². The summed E-state index contributed by atoms with van der Waals surface area (Å²) in [6, 6.07) is 18.2. The Balaban J connectivity index is 1.48. The van der Waals surface area contributed by atoms with Crippen LogP contribution in [0.5, 0.6) is 11.5 Å². The van der Waals surface area contributed by atoms with Crippen molar-refractivity contribution in [2.24, 2.45) is 0 Å². The van der Waals surface area contributed by atoms with Crippen LogP contribution in [0.1, 0.15) is 15.9 Å². The van der Waals surface area contributed by atoms with Crippen LogP contribution in [0.3, 0.4) is 0 Å². The van der Waals surface area contributed by atoms with E-state index in [0.717, 1.165) is 22.2 Å². The van der Waals surface area contributed by atoms with Gasteiger partial charge in [-0.05, 0) is 67.2 Å². The van der Waals surface area contributed by atoms with Gasteiger partial charge in [-0.2, -0.15) is 0 Å². The average Bonchev–Trinajstić information content (AvgIpc) is 3.22. The van der Waals surface area contributed by atoms with Crippen molar-refractivity contribution in [3.63, 3.8) is 0 Å². The molecule has 1 heterocycles. The number of amides is 1. The predicted molar refractivity (Wildman–Crippen MR) is 127 cm³/mol. The van der Waals surface area contributed by atoms with Gasteiger partial charge in [-0.3, -0.25) is 10.1 Å². The molecule has 0 aliphatic rings. The van der Waals surface area contributed by atoms with Crippen LogP contribution in [-0.2, 0) is 0 Å². The van der Waals surface area contributed by atoms with E-state index in [9.17, 15) is 4.79 Å². The summed E-state index contributed by atoms with van der Waals surface area (Å²) in [6.07, 6.45) is 0. The van der Waals surface area contributed by atoms with Crippen molar-refractivity contribution in [3.8, 4) is 23.0 Å². The van der Waals surface area contributed by atoms with E-state index >= 15 is 0 Å². The van der Waals surface area contributed by atoms with Crippen LogP contribution in [0.25, 0.3) is 22.6 Å². The van der Waals surface area contributed by atoms with Crippen molar-refractivity contribution in [3.05, 3.63) is 71.8 Å². The number of anilines is 1. The largest absolute Gasteiger partial charge is 0.497 e. The normalized spacial score (nSPS) is 10.6. The first-order chi connectivity index (χ1) is 15.4. The Kier molecular flexibility index (Phi) is 6.04. The molecule has 162 valence electrons. The third-order valence-electron chi connectivity index (χ3n) is 4.75. The molecule has 0 saturated carbocycles. The van der Waals surface area contributed by atoms with E-state index in [1.807, 2.05) is 49.4 Å². The highest BCUT2D eigenvalue weighted by atomic mass is 32.1. The summed E-state index contributed by atoms with van der Waals surface area (Å²) in [5.41, 5.74) is 4.48. The first kappa shape index (κ1) is 21.3. The molecule has 0 spiro atoms. The van der Waals surface area contributed by atoms with Crippen LogP contribution in [-0.4, -0.2) is 30.2 Å². The summed E-state index contributed by atoms with van der Waals surface area (Å²) in [6.45, 7) is 2.01. The second-order valence-corrected chi connectivity index (χ2v) is 7.49. The molecule has 8 heteroatoms. The lowest BCUT2D eigenvalue weighted by Crippen LogP contribution is -2.34. The number of benzene rings is 3. The first-order valence-corrected chi connectivity index (χ1v) is 10.2. The molecule has 0 saturated heterocycles. The number of aryl methyl sites for hydroxylation is 1. The molecule has 1 aromatic heterocycles. The summed E-state index contributed by atoms with van der Waals surface area (Å²) in [7, 11) is 3.04. The third kappa shape index (κ3) is 4.70. The van der Waals surface area contributed by atoms with Crippen molar-refractivity contribution in [2.45, 2.75) is 6.92 Å². The van der Waals surface area contributed by atoms with Gasteiger partial charge in [0.2, 0.25) is 5.89 Å². The number of carbonyl (C=O) groups is 1. The van der Waals surface area contributed by atoms with Crippen LogP contribution in [0, 0.1) is 6.92 Å².